The van der Waals surface area contributed by atoms with Crippen LogP contribution in [0.3, 0.4) is 0 Å². The van der Waals surface area contributed by atoms with E-state index in [1.165, 1.54) is 22.9 Å². The summed E-state index contributed by atoms with van der Waals surface area (Å²) < 4.78 is 68.7. The Bertz CT molecular complexity index is 1500. The molecule has 39 heavy (non-hydrogen) atoms. The van der Waals surface area contributed by atoms with Gasteiger partial charge in [0.15, 0.2) is 21.8 Å². The lowest BCUT2D eigenvalue weighted by Crippen LogP contribution is -2.53. The van der Waals surface area contributed by atoms with Crippen molar-refractivity contribution in [3.63, 3.8) is 0 Å². The van der Waals surface area contributed by atoms with Gasteiger partial charge in [0.1, 0.15) is 10.6 Å². The summed E-state index contributed by atoms with van der Waals surface area (Å²) in [4.78, 5) is 21.2. The second kappa shape index (κ2) is 9.99. The van der Waals surface area contributed by atoms with Gasteiger partial charge in [-0.25, -0.2) is 26.9 Å². The number of aromatic nitrogens is 4. The average molecular weight is 584 g/mol. The summed E-state index contributed by atoms with van der Waals surface area (Å²) in [5, 5.41) is 7.19. The van der Waals surface area contributed by atoms with Gasteiger partial charge in [-0.05, 0) is 25.8 Å². The molecule has 1 saturated carbocycles. The van der Waals surface area contributed by atoms with Gasteiger partial charge in [0.2, 0.25) is 10.0 Å². The molecule has 1 atom stereocenters. The number of rotatable bonds is 7. The molecule has 0 spiro atoms. The summed E-state index contributed by atoms with van der Waals surface area (Å²) in [6.07, 6.45) is 0.806. The second-order valence-electron chi connectivity index (χ2n) is 10.1. The van der Waals surface area contributed by atoms with Gasteiger partial charge in [-0.1, -0.05) is 11.3 Å². The number of alkyl halides is 2. The van der Waals surface area contributed by atoms with E-state index >= 15 is 0 Å². The fourth-order valence-corrected chi connectivity index (χ4v) is 6.87. The highest BCUT2D eigenvalue weighted by Crippen LogP contribution is 2.37. The summed E-state index contributed by atoms with van der Waals surface area (Å²) in [6, 6.07) is 1.53. The molecule has 2 saturated heterocycles. The Labute approximate surface area is 227 Å². The number of carbonyl (C=O) groups excluding carboxylic acids is 1. The van der Waals surface area contributed by atoms with Crippen LogP contribution in [0.25, 0.3) is 16.3 Å². The van der Waals surface area contributed by atoms with Crippen LogP contribution in [0.4, 0.5) is 14.5 Å². The Morgan fingerprint density at radius 3 is 2.67 bits per heavy atom. The van der Waals surface area contributed by atoms with Crippen LogP contribution in [-0.4, -0.2) is 96.4 Å². The van der Waals surface area contributed by atoms with Crippen molar-refractivity contribution in [1.29, 1.82) is 0 Å². The molecule has 1 amide bonds. The molecule has 3 aromatic rings. The van der Waals surface area contributed by atoms with Crippen molar-refractivity contribution < 1.29 is 31.5 Å². The molecule has 6 rings (SSSR count). The number of hydrogen-bond donors (Lipinski definition) is 1. The SMILES string of the molecule is CC1(NS(=O)(=O)c2cc(N3CCO[C@H](C(=O)N4CCOCC4)C3)c3ncc(-c4nnc(C(F)F)s4)n3c2)CC1. The Balaban J connectivity index is 1.40. The summed E-state index contributed by atoms with van der Waals surface area (Å²) >= 11 is 0.716. The predicted octanol–water partition coefficient (Wildman–Crippen LogP) is 1.69. The van der Waals surface area contributed by atoms with Gasteiger partial charge in [-0.15, -0.1) is 10.2 Å². The van der Waals surface area contributed by atoms with Crippen LogP contribution in [0, 0.1) is 0 Å². The monoisotopic (exact) mass is 583 g/mol. The van der Waals surface area contributed by atoms with E-state index in [-0.39, 0.29) is 29.0 Å². The van der Waals surface area contributed by atoms with E-state index in [1.807, 2.05) is 11.8 Å². The number of nitrogens with one attached hydrogen (secondary N) is 1. The fraction of sp³-hybridized carbons (Fsp3) is 0.565. The Morgan fingerprint density at radius 1 is 1.21 bits per heavy atom. The van der Waals surface area contributed by atoms with Gasteiger partial charge in [0.25, 0.3) is 12.3 Å². The topological polar surface area (TPSA) is 131 Å². The van der Waals surface area contributed by atoms with E-state index in [2.05, 4.69) is 19.9 Å². The second-order valence-corrected chi connectivity index (χ2v) is 12.7. The maximum atomic E-state index is 13.4. The zero-order chi connectivity index (χ0) is 27.4. The fourth-order valence-electron chi connectivity index (χ4n) is 4.69. The van der Waals surface area contributed by atoms with Crippen LogP contribution in [0.2, 0.25) is 0 Å². The van der Waals surface area contributed by atoms with Gasteiger partial charge in [0, 0.05) is 31.4 Å². The van der Waals surface area contributed by atoms with Gasteiger partial charge in [-0.2, -0.15) is 0 Å². The van der Waals surface area contributed by atoms with Crippen LogP contribution in [0.1, 0.15) is 31.2 Å². The minimum Gasteiger partial charge on any atom is -0.378 e. The van der Waals surface area contributed by atoms with Gasteiger partial charge in [0.05, 0.1) is 38.2 Å². The van der Waals surface area contributed by atoms with Crippen LogP contribution >= 0.6 is 11.3 Å². The molecule has 0 unspecified atom stereocenters. The Kier molecular flexibility index (Phi) is 6.77. The maximum absolute atomic E-state index is 13.4. The minimum absolute atomic E-state index is 0.0153. The molecule has 12 nitrogen and oxygen atoms in total. The number of carbonyl (C=O) groups is 1. The van der Waals surface area contributed by atoms with Crippen molar-refractivity contribution in [3.05, 3.63) is 23.5 Å². The van der Waals surface area contributed by atoms with E-state index < -0.39 is 33.1 Å². The quantitative estimate of drug-likeness (QED) is 0.441. The molecule has 210 valence electrons. The van der Waals surface area contributed by atoms with Crippen LogP contribution in [-0.2, 0) is 24.3 Å². The highest BCUT2D eigenvalue weighted by Gasteiger charge is 2.42. The number of halogens is 2. The Hall–Kier alpha value is -2.79. The molecular formula is C23H27F2N7O5S2. The van der Waals surface area contributed by atoms with Crippen molar-refractivity contribution in [1.82, 2.24) is 29.2 Å². The molecule has 16 heteroatoms. The summed E-state index contributed by atoms with van der Waals surface area (Å²) in [7, 11) is -3.94. The molecule has 0 aromatic carbocycles. The zero-order valence-electron chi connectivity index (χ0n) is 21.0. The molecule has 0 radical (unpaired) electrons. The Morgan fingerprint density at radius 2 is 1.97 bits per heavy atom. The van der Waals surface area contributed by atoms with Gasteiger partial charge < -0.3 is 19.3 Å². The molecule has 3 aromatic heterocycles. The minimum atomic E-state index is -3.94. The lowest BCUT2D eigenvalue weighted by molar-refractivity contribution is -0.148. The van der Waals surface area contributed by atoms with Crippen LogP contribution in [0.15, 0.2) is 23.4 Å². The van der Waals surface area contributed by atoms with Crippen molar-refractivity contribution >= 4 is 38.6 Å². The first kappa shape index (κ1) is 26.4. The number of pyridine rings is 1. The van der Waals surface area contributed by atoms with Crippen molar-refractivity contribution in [2.24, 2.45) is 0 Å². The molecule has 3 fully saturated rings. The number of anilines is 1. The highest BCUT2D eigenvalue weighted by molar-refractivity contribution is 7.89. The number of nitrogens with zero attached hydrogens (tertiary/aromatic N) is 6. The third kappa shape index (κ3) is 5.23. The average Bonchev–Trinajstić information content (AvgIpc) is 3.30. The number of amides is 1. The first-order valence-corrected chi connectivity index (χ1v) is 14.8. The van der Waals surface area contributed by atoms with E-state index in [9.17, 15) is 22.0 Å². The molecule has 5 heterocycles. The lowest BCUT2D eigenvalue weighted by atomic mass is 10.2. The normalized spacial score (nSPS) is 21.6. The molecule has 2 aliphatic heterocycles. The number of fused-ring (bicyclic) bond motifs is 1. The molecule has 1 N–H and O–H groups in total. The number of imidazole rings is 1. The summed E-state index contributed by atoms with van der Waals surface area (Å²) in [6.45, 7) is 4.56. The van der Waals surface area contributed by atoms with Gasteiger partial charge >= 0.3 is 0 Å². The predicted molar refractivity (Wildman–Crippen MR) is 136 cm³/mol. The van der Waals surface area contributed by atoms with E-state index in [0.717, 1.165) is 12.8 Å². The third-order valence-electron chi connectivity index (χ3n) is 7.10. The number of hydrogen-bond acceptors (Lipinski definition) is 10. The van der Waals surface area contributed by atoms with Gasteiger partial charge in [-0.3, -0.25) is 9.20 Å². The molecule has 3 aliphatic rings. The maximum Gasteiger partial charge on any atom is 0.291 e. The van der Waals surface area contributed by atoms with Crippen molar-refractivity contribution in [2.75, 3.05) is 50.9 Å². The molecule has 1 aliphatic carbocycles. The number of sulfonamides is 1. The van der Waals surface area contributed by atoms with Crippen molar-refractivity contribution in [3.8, 4) is 10.7 Å². The molecular weight excluding hydrogens is 556 g/mol. The first-order valence-electron chi connectivity index (χ1n) is 12.5. The molecule has 0 bridgehead atoms. The largest absolute Gasteiger partial charge is 0.378 e. The number of ether oxygens (including phenoxy) is 2. The van der Waals surface area contributed by atoms with Crippen LogP contribution in [0.5, 0.6) is 0 Å². The standard InChI is InChI=1S/C23H27F2N7O5S2/c1-23(2-3-23)29-39(34,35)14-10-15(31-6-9-37-17(13-31)22(33)30-4-7-36-8-5-30)19-26-11-16(32(19)12-14)20-27-28-21(38-20)18(24)25/h10-12,17-18,29H,2-9,13H2,1H3/t17-/m0/s1. The van der Waals surface area contributed by atoms with E-state index in [0.29, 0.717) is 61.2 Å². The van der Waals surface area contributed by atoms with Crippen molar-refractivity contribution in [2.45, 2.75) is 42.7 Å². The van der Waals surface area contributed by atoms with Crippen LogP contribution < -0.4 is 9.62 Å². The zero-order valence-corrected chi connectivity index (χ0v) is 22.7. The highest BCUT2D eigenvalue weighted by atomic mass is 32.2. The summed E-state index contributed by atoms with van der Waals surface area (Å²) in [5.41, 5.74) is 0.701. The van der Waals surface area contributed by atoms with E-state index in [1.54, 1.807) is 4.90 Å². The number of morpholine rings is 2. The van der Waals surface area contributed by atoms with E-state index in [4.69, 9.17) is 9.47 Å². The first-order chi connectivity index (χ1) is 18.6. The smallest absolute Gasteiger partial charge is 0.291 e. The third-order valence-corrected chi connectivity index (χ3v) is 9.66. The lowest BCUT2D eigenvalue weighted by Gasteiger charge is -2.37. The summed E-state index contributed by atoms with van der Waals surface area (Å²) in [5.74, 6) is -0.149.